The van der Waals surface area contributed by atoms with Gasteiger partial charge in [-0.25, -0.2) is 0 Å². The van der Waals surface area contributed by atoms with E-state index in [1.807, 2.05) is 56.5 Å². The molecule has 0 fully saturated rings. The maximum Gasteiger partial charge on any atom is 0.251 e. The molecule has 2 aromatic carbocycles. The molecule has 7 nitrogen and oxygen atoms in total. The van der Waals surface area contributed by atoms with Gasteiger partial charge in [-0.2, -0.15) is 11.8 Å². The molecule has 2 atom stereocenters. The predicted octanol–water partition coefficient (Wildman–Crippen LogP) is 3.76. The third-order valence-corrected chi connectivity index (χ3v) is 5.75. The number of hydrogen-bond donors (Lipinski definition) is 2. The van der Waals surface area contributed by atoms with Crippen LogP contribution in [0.1, 0.15) is 40.9 Å². The second kappa shape index (κ2) is 13.7. The second-order valence-electron chi connectivity index (χ2n) is 7.66. The third-order valence-electron chi connectivity index (χ3n) is 5.10. The minimum absolute atomic E-state index is 0.225. The molecule has 0 heterocycles. The van der Waals surface area contributed by atoms with E-state index < -0.39 is 6.04 Å². The van der Waals surface area contributed by atoms with Gasteiger partial charge in [0.2, 0.25) is 5.91 Å². The fraction of sp³-hybridized carbons (Fsp3) is 0.440. The number of ether oxygens (including phenoxy) is 3. The molecule has 0 aliphatic heterocycles. The lowest BCUT2D eigenvalue weighted by Gasteiger charge is -2.22. The zero-order valence-corrected chi connectivity index (χ0v) is 20.8. The van der Waals surface area contributed by atoms with E-state index in [0.29, 0.717) is 36.7 Å². The van der Waals surface area contributed by atoms with Crippen molar-refractivity contribution in [1.29, 1.82) is 0 Å². The van der Waals surface area contributed by atoms with Crippen molar-refractivity contribution in [3.05, 3.63) is 59.2 Å². The fourth-order valence-electron chi connectivity index (χ4n) is 3.24. The summed E-state index contributed by atoms with van der Waals surface area (Å²) in [5.41, 5.74) is 2.40. The van der Waals surface area contributed by atoms with E-state index in [2.05, 4.69) is 10.6 Å². The highest BCUT2D eigenvalue weighted by Gasteiger charge is 2.23. The number of amides is 2. The summed E-state index contributed by atoms with van der Waals surface area (Å²) in [4.78, 5) is 25.8. The highest BCUT2D eigenvalue weighted by atomic mass is 32.2. The van der Waals surface area contributed by atoms with Crippen molar-refractivity contribution in [2.75, 3.05) is 39.4 Å². The van der Waals surface area contributed by atoms with Crippen molar-refractivity contribution in [3.63, 3.8) is 0 Å². The molecule has 0 saturated heterocycles. The number of aryl methyl sites for hydroxylation is 1. The second-order valence-corrected chi connectivity index (χ2v) is 8.64. The maximum atomic E-state index is 13.1. The van der Waals surface area contributed by atoms with Crippen LogP contribution in [-0.4, -0.2) is 57.3 Å². The third kappa shape index (κ3) is 8.29. The smallest absolute Gasteiger partial charge is 0.251 e. The maximum absolute atomic E-state index is 13.1. The van der Waals surface area contributed by atoms with E-state index >= 15 is 0 Å². The van der Waals surface area contributed by atoms with Gasteiger partial charge >= 0.3 is 0 Å². The first kappa shape index (κ1) is 26.5. The van der Waals surface area contributed by atoms with E-state index in [0.717, 1.165) is 16.9 Å². The van der Waals surface area contributed by atoms with Crippen molar-refractivity contribution < 1.29 is 23.8 Å². The average Bonchev–Trinajstić information content (AvgIpc) is 2.81. The van der Waals surface area contributed by atoms with Crippen LogP contribution in [0, 0.1) is 6.92 Å². The predicted molar refractivity (Wildman–Crippen MR) is 132 cm³/mol. The van der Waals surface area contributed by atoms with Gasteiger partial charge in [0.25, 0.3) is 5.91 Å². The van der Waals surface area contributed by atoms with Gasteiger partial charge in [-0.05, 0) is 62.1 Å². The van der Waals surface area contributed by atoms with Crippen LogP contribution in [0.4, 0.5) is 0 Å². The molecule has 0 aliphatic carbocycles. The van der Waals surface area contributed by atoms with Crippen LogP contribution in [0.25, 0.3) is 0 Å². The van der Waals surface area contributed by atoms with Crippen LogP contribution in [0.2, 0.25) is 0 Å². The lowest BCUT2D eigenvalue weighted by Crippen LogP contribution is -2.47. The molecular formula is C25H34N2O5S. The quantitative estimate of drug-likeness (QED) is 0.430. The van der Waals surface area contributed by atoms with Gasteiger partial charge in [-0.15, -0.1) is 0 Å². The summed E-state index contributed by atoms with van der Waals surface area (Å²) in [5.74, 6) is 1.46. The van der Waals surface area contributed by atoms with E-state index in [1.165, 1.54) is 0 Å². The van der Waals surface area contributed by atoms with Crippen molar-refractivity contribution in [1.82, 2.24) is 10.6 Å². The van der Waals surface area contributed by atoms with Crippen molar-refractivity contribution in [2.24, 2.45) is 0 Å². The van der Waals surface area contributed by atoms with Crippen molar-refractivity contribution >= 4 is 23.6 Å². The van der Waals surface area contributed by atoms with Gasteiger partial charge in [-0.3, -0.25) is 9.59 Å². The van der Waals surface area contributed by atoms with Crippen LogP contribution in [0.3, 0.4) is 0 Å². The Labute approximate surface area is 200 Å². The van der Waals surface area contributed by atoms with Crippen molar-refractivity contribution in [2.45, 2.75) is 32.4 Å². The number of thioether (sulfide) groups is 1. The zero-order valence-electron chi connectivity index (χ0n) is 20.0. The minimum Gasteiger partial charge on any atom is -0.493 e. The Kier molecular flexibility index (Phi) is 11.1. The van der Waals surface area contributed by atoms with Gasteiger partial charge in [0.15, 0.2) is 11.5 Å². The summed E-state index contributed by atoms with van der Waals surface area (Å²) in [6.45, 7) is 4.71. The van der Waals surface area contributed by atoms with E-state index in [9.17, 15) is 9.59 Å². The molecule has 0 bridgehead atoms. The molecule has 2 N–H and O–H groups in total. The number of rotatable bonds is 13. The van der Waals surface area contributed by atoms with Gasteiger partial charge in [-0.1, -0.05) is 23.8 Å². The van der Waals surface area contributed by atoms with E-state index in [-0.39, 0.29) is 17.9 Å². The molecule has 180 valence electrons. The Balaban J connectivity index is 2.08. The lowest BCUT2D eigenvalue weighted by atomic mass is 10.1. The summed E-state index contributed by atoms with van der Waals surface area (Å²) >= 11 is 1.63. The van der Waals surface area contributed by atoms with Crippen LogP contribution in [0.5, 0.6) is 11.5 Å². The topological polar surface area (TPSA) is 85.9 Å². The number of carbonyl (C=O) groups excluding carboxylic acids is 2. The Morgan fingerprint density at radius 2 is 1.82 bits per heavy atom. The molecule has 2 rings (SSSR count). The number of hydrogen-bond acceptors (Lipinski definition) is 6. The Morgan fingerprint density at radius 1 is 1.03 bits per heavy atom. The lowest BCUT2D eigenvalue weighted by molar-refractivity contribution is -0.123. The van der Waals surface area contributed by atoms with E-state index in [1.54, 1.807) is 32.0 Å². The highest BCUT2D eigenvalue weighted by Crippen LogP contribution is 2.30. The van der Waals surface area contributed by atoms with Gasteiger partial charge in [0.05, 0.1) is 19.8 Å². The Hall–Kier alpha value is -2.71. The van der Waals surface area contributed by atoms with Gasteiger partial charge in [0, 0.05) is 12.7 Å². The highest BCUT2D eigenvalue weighted by molar-refractivity contribution is 7.98. The molecule has 33 heavy (non-hydrogen) atoms. The average molecular weight is 475 g/mol. The molecule has 0 saturated carbocycles. The summed E-state index contributed by atoms with van der Waals surface area (Å²) in [5, 5.41) is 5.91. The monoisotopic (exact) mass is 474 g/mol. The van der Waals surface area contributed by atoms with Crippen LogP contribution in [0.15, 0.2) is 42.5 Å². The first-order valence-corrected chi connectivity index (χ1v) is 12.3. The van der Waals surface area contributed by atoms with Gasteiger partial charge < -0.3 is 24.8 Å². The number of nitrogens with one attached hydrogen (secondary N) is 2. The summed E-state index contributed by atoms with van der Waals surface area (Å²) in [6.07, 6.45) is 2.51. The Morgan fingerprint density at radius 3 is 2.48 bits per heavy atom. The van der Waals surface area contributed by atoms with Crippen LogP contribution < -0.4 is 20.1 Å². The molecule has 2 unspecified atom stereocenters. The molecule has 0 spiro atoms. The summed E-state index contributed by atoms with van der Waals surface area (Å²) < 4.78 is 16.1. The fourth-order valence-corrected chi connectivity index (χ4v) is 3.71. The Bertz CT molecular complexity index is 921. The first-order chi connectivity index (χ1) is 15.9. The number of benzene rings is 2. The number of carbonyl (C=O) groups is 2. The van der Waals surface area contributed by atoms with Crippen LogP contribution >= 0.6 is 11.8 Å². The molecule has 2 aromatic rings. The van der Waals surface area contributed by atoms with Crippen LogP contribution in [-0.2, 0) is 9.53 Å². The minimum atomic E-state index is -0.633. The molecular weight excluding hydrogens is 440 g/mol. The molecule has 2 amide bonds. The molecule has 0 radical (unpaired) electrons. The first-order valence-electron chi connectivity index (χ1n) is 10.9. The standard InChI is InChI=1S/C25H34N2O5S/c1-17-7-6-8-20(15-17)24(28)27-21(11-14-33-5)25(29)26-18(2)19-9-10-22(23(16-19)31-4)32-13-12-30-3/h6-10,15-16,18,21H,11-14H2,1-5H3,(H,26,29)(H,27,28). The number of methoxy groups -OCH3 is 2. The van der Waals surface area contributed by atoms with E-state index in [4.69, 9.17) is 14.2 Å². The summed E-state index contributed by atoms with van der Waals surface area (Å²) in [7, 11) is 3.19. The SMILES string of the molecule is COCCOc1ccc(C(C)NC(=O)C(CCSC)NC(=O)c2cccc(C)c2)cc1OC. The van der Waals surface area contributed by atoms with Gasteiger partial charge in [0.1, 0.15) is 12.6 Å². The zero-order chi connectivity index (χ0) is 24.2. The molecule has 8 heteroatoms. The van der Waals surface area contributed by atoms with Crippen molar-refractivity contribution in [3.8, 4) is 11.5 Å². The largest absolute Gasteiger partial charge is 0.493 e. The molecule has 0 aliphatic rings. The normalized spacial score (nSPS) is 12.5. The molecule has 0 aromatic heterocycles. The summed E-state index contributed by atoms with van der Waals surface area (Å²) in [6, 6.07) is 11.9.